The molecule has 1 amide bonds. The summed E-state index contributed by atoms with van der Waals surface area (Å²) in [6.07, 6.45) is -0.296. The highest BCUT2D eigenvalue weighted by molar-refractivity contribution is 5.92. The van der Waals surface area contributed by atoms with Crippen LogP contribution in [0.15, 0.2) is 24.3 Å². The van der Waals surface area contributed by atoms with Gasteiger partial charge in [0.2, 0.25) is 0 Å². The molecule has 0 bridgehead atoms. The van der Waals surface area contributed by atoms with Crippen molar-refractivity contribution in [3.05, 3.63) is 29.8 Å². The van der Waals surface area contributed by atoms with E-state index >= 15 is 0 Å². The van der Waals surface area contributed by atoms with Gasteiger partial charge in [-0.2, -0.15) is 0 Å². The first-order chi connectivity index (χ1) is 10.5. The smallest absolute Gasteiger partial charge is 0.415 e. The summed E-state index contributed by atoms with van der Waals surface area (Å²) in [6, 6.07) is 6.98. The van der Waals surface area contributed by atoms with E-state index in [0.717, 1.165) is 11.3 Å². The van der Waals surface area contributed by atoms with Crippen LogP contribution in [0, 0.1) is 5.92 Å². The summed E-state index contributed by atoms with van der Waals surface area (Å²) in [4.78, 5) is 25.2. The molecule has 2 N–H and O–H groups in total. The minimum atomic E-state index is -0.887. The number of nitrogens with zero attached hydrogens (tertiary/aromatic N) is 1. The van der Waals surface area contributed by atoms with Gasteiger partial charge in [-0.1, -0.05) is 32.0 Å². The summed E-state index contributed by atoms with van der Waals surface area (Å²) in [5.74, 6) is -0.646. The number of fused-ring (bicyclic) bond motifs is 3. The van der Waals surface area contributed by atoms with Crippen LogP contribution >= 0.6 is 0 Å². The fourth-order valence-corrected chi connectivity index (χ4v) is 3.19. The number of benzene rings is 1. The monoisotopic (exact) mass is 304 g/mol. The van der Waals surface area contributed by atoms with Crippen LogP contribution in [0.2, 0.25) is 0 Å². The molecular weight excluding hydrogens is 284 g/mol. The lowest BCUT2D eigenvalue weighted by Gasteiger charge is -2.25. The van der Waals surface area contributed by atoms with Crippen molar-refractivity contribution in [1.82, 2.24) is 5.32 Å². The molecule has 0 aliphatic carbocycles. The Bertz CT molecular complexity index is 602. The molecular formula is C16H20N2O4. The highest BCUT2D eigenvalue weighted by Crippen LogP contribution is 2.45. The Balaban J connectivity index is 1.88. The molecule has 3 atom stereocenters. The second-order valence-corrected chi connectivity index (χ2v) is 6.24. The van der Waals surface area contributed by atoms with Gasteiger partial charge in [-0.05, 0) is 24.0 Å². The molecule has 6 nitrogen and oxygen atoms in total. The van der Waals surface area contributed by atoms with Crippen LogP contribution in [-0.4, -0.2) is 36.0 Å². The van der Waals surface area contributed by atoms with Crippen molar-refractivity contribution in [1.29, 1.82) is 0 Å². The van der Waals surface area contributed by atoms with Gasteiger partial charge in [0.1, 0.15) is 6.04 Å². The predicted octanol–water partition coefficient (Wildman–Crippen LogP) is 2.16. The third-order valence-electron chi connectivity index (χ3n) is 4.15. The Hall–Kier alpha value is -2.08. The van der Waals surface area contributed by atoms with Crippen LogP contribution in [0.25, 0.3) is 0 Å². The van der Waals surface area contributed by atoms with Gasteiger partial charge in [-0.3, -0.25) is 15.0 Å². The van der Waals surface area contributed by atoms with E-state index in [4.69, 9.17) is 4.74 Å². The van der Waals surface area contributed by atoms with Crippen LogP contribution < -0.4 is 10.2 Å². The summed E-state index contributed by atoms with van der Waals surface area (Å²) < 4.78 is 5.35. The molecule has 0 radical (unpaired) electrons. The number of rotatable bonds is 3. The molecule has 0 spiro atoms. The molecule has 6 heteroatoms. The number of ether oxygens (including phenoxy) is 1. The number of amides is 1. The molecule has 1 aromatic rings. The average molecular weight is 304 g/mol. The summed E-state index contributed by atoms with van der Waals surface area (Å²) in [6.45, 7) is 4.29. The highest BCUT2D eigenvalue weighted by Gasteiger charge is 2.49. The number of carbonyl (C=O) groups excluding carboxylic acids is 1. The van der Waals surface area contributed by atoms with Crippen molar-refractivity contribution < 1.29 is 19.4 Å². The molecule has 1 saturated heterocycles. The van der Waals surface area contributed by atoms with E-state index in [1.54, 1.807) is 4.90 Å². The molecule has 2 aliphatic heterocycles. The second kappa shape index (κ2) is 5.61. The van der Waals surface area contributed by atoms with Gasteiger partial charge in [-0.15, -0.1) is 0 Å². The van der Waals surface area contributed by atoms with Gasteiger partial charge in [0.25, 0.3) is 0 Å². The summed E-state index contributed by atoms with van der Waals surface area (Å²) in [7, 11) is 0. The lowest BCUT2D eigenvalue weighted by molar-refractivity contribution is -0.139. The Kier molecular flexibility index (Phi) is 3.78. The average Bonchev–Trinajstić information content (AvgIpc) is 3.01. The van der Waals surface area contributed by atoms with Gasteiger partial charge in [-0.25, -0.2) is 4.79 Å². The number of carboxylic acids is 1. The lowest BCUT2D eigenvalue weighted by Crippen LogP contribution is -2.48. The fraction of sp³-hybridized carbons (Fsp3) is 0.500. The zero-order chi connectivity index (χ0) is 15.9. The third-order valence-corrected chi connectivity index (χ3v) is 4.15. The fourth-order valence-electron chi connectivity index (χ4n) is 3.19. The zero-order valence-corrected chi connectivity index (χ0v) is 12.7. The predicted molar refractivity (Wildman–Crippen MR) is 80.8 cm³/mol. The van der Waals surface area contributed by atoms with E-state index in [2.05, 4.69) is 5.32 Å². The van der Waals surface area contributed by atoms with E-state index < -0.39 is 18.1 Å². The Labute approximate surface area is 129 Å². The maximum atomic E-state index is 12.4. The van der Waals surface area contributed by atoms with Crippen molar-refractivity contribution in [2.75, 3.05) is 11.5 Å². The molecule has 1 aromatic carbocycles. The first-order valence-corrected chi connectivity index (χ1v) is 7.52. The standard InChI is InChI=1S/C16H20N2O4/c1-9(2)8-22-16(21)18-13-6-4-3-5-10(13)11-7-12(15(19)20)17-14(11)18/h3-6,9,11-12,14,17H,7-8H2,1-2H3,(H,19,20)/t11-,12+,14+/m1/s1. The van der Waals surface area contributed by atoms with Gasteiger partial charge in [0, 0.05) is 5.92 Å². The maximum absolute atomic E-state index is 12.4. The quantitative estimate of drug-likeness (QED) is 0.894. The number of hydrogen-bond donors (Lipinski definition) is 2. The maximum Gasteiger partial charge on any atom is 0.415 e. The molecule has 2 aliphatic rings. The van der Waals surface area contributed by atoms with E-state index in [1.807, 2.05) is 38.1 Å². The minimum Gasteiger partial charge on any atom is -0.480 e. The molecule has 0 unspecified atom stereocenters. The summed E-state index contributed by atoms with van der Waals surface area (Å²) >= 11 is 0. The van der Waals surface area contributed by atoms with Crippen LogP contribution in [0.4, 0.5) is 10.5 Å². The first kappa shape index (κ1) is 14.8. The van der Waals surface area contributed by atoms with Gasteiger partial charge >= 0.3 is 12.1 Å². The van der Waals surface area contributed by atoms with Crippen molar-refractivity contribution in [3.63, 3.8) is 0 Å². The number of hydrogen-bond acceptors (Lipinski definition) is 4. The van der Waals surface area contributed by atoms with Crippen LogP contribution in [0.1, 0.15) is 31.7 Å². The largest absolute Gasteiger partial charge is 0.480 e. The zero-order valence-electron chi connectivity index (χ0n) is 12.7. The highest BCUT2D eigenvalue weighted by atomic mass is 16.6. The number of aliphatic carboxylic acids is 1. The molecule has 2 heterocycles. The van der Waals surface area contributed by atoms with Crippen molar-refractivity contribution >= 4 is 17.7 Å². The molecule has 0 saturated carbocycles. The van der Waals surface area contributed by atoms with Crippen molar-refractivity contribution in [2.24, 2.45) is 5.92 Å². The Morgan fingerprint density at radius 3 is 2.82 bits per heavy atom. The summed E-state index contributed by atoms with van der Waals surface area (Å²) in [5, 5.41) is 12.3. The molecule has 3 rings (SSSR count). The van der Waals surface area contributed by atoms with Crippen molar-refractivity contribution in [3.8, 4) is 0 Å². The summed E-state index contributed by atoms with van der Waals surface area (Å²) in [5.41, 5.74) is 1.81. The number of anilines is 1. The lowest BCUT2D eigenvalue weighted by atomic mass is 9.96. The molecule has 0 aromatic heterocycles. The second-order valence-electron chi connectivity index (χ2n) is 6.24. The molecule has 22 heavy (non-hydrogen) atoms. The van der Waals surface area contributed by atoms with Crippen LogP contribution in [0.3, 0.4) is 0 Å². The number of carboxylic acid groups (broad SMARTS) is 1. The minimum absolute atomic E-state index is 0.0103. The van der Waals surface area contributed by atoms with Crippen molar-refractivity contribution in [2.45, 2.75) is 38.4 Å². The SMILES string of the molecule is CC(C)COC(=O)N1c2ccccc2[C@H]2C[C@@H](C(=O)O)N[C@H]21. The topological polar surface area (TPSA) is 78.9 Å². The van der Waals surface area contributed by atoms with Crippen LogP contribution in [-0.2, 0) is 9.53 Å². The third kappa shape index (κ3) is 2.43. The van der Waals surface area contributed by atoms with E-state index in [9.17, 15) is 14.7 Å². The van der Waals surface area contributed by atoms with Gasteiger partial charge in [0.05, 0.1) is 18.5 Å². The number of para-hydroxylation sites is 1. The Morgan fingerprint density at radius 2 is 2.14 bits per heavy atom. The normalized spacial score (nSPS) is 26.0. The first-order valence-electron chi connectivity index (χ1n) is 7.52. The van der Waals surface area contributed by atoms with Crippen LogP contribution in [0.5, 0.6) is 0 Å². The van der Waals surface area contributed by atoms with E-state index in [0.29, 0.717) is 13.0 Å². The Morgan fingerprint density at radius 1 is 1.41 bits per heavy atom. The van der Waals surface area contributed by atoms with Gasteiger partial charge in [0.15, 0.2) is 0 Å². The molecule has 1 fully saturated rings. The molecule has 118 valence electrons. The van der Waals surface area contributed by atoms with E-state index in [-0.39, 0.29) is 18.0 Å². The van der Waals surface area contributed by atoms with E-state index in [1.165, 1.54) is 0 Å². The number of carbonyl (C=O) groups is 2. The number of nitrogens with one attached hydrogen (secondary N) is 1. The van der Waals surface area contributed by atoms with Gasteiger partial charge < -0.3 is 9.84 Å².